The van der Waals surface area contributed by atoms with E-state index < -0.39 is 15.9 Å². The molecule has 0 unspecified atom stereocenters. The van der Waals surface area contributed by atoms with Gasteiger partial charge in [0.2, 0.25) is 15.9 Å². The predicted octanol–water partition coefficient (Wildman–Crippen LogP) is -0.700. The molecule has 0 bridgehead atoms. The lowest BCUT2D eigenvalue weighted by Gasteiger charge is -2.08. The number of ether oxygens (including phenoxy) is 1. The van der Waals surface area contributed by atoms with E-state index in [9.17, 15) is 13.2 Å². The quantitative estimate of drug-likeness (QED) is 0.522. The summed E-state index contributed by atoms with van der Waals surface area (Å²) in [4.78, 5) is 11.0. The zero-order valence-corrected chi connectivity index (χ0v) is 12.1. The van der Waals surface area contributed by atoms with E-state index in [4.69, 9.17) is 10.5 Å². The molecule has 0 heterocycles. The van der Waals surface area contributed by atoms with Crippen molar-refractivity contribution in [3.05, 3.63) is 29.8 Å². The van der Waals surface area contributed by atoms with E-state index in [-0.39, 0.29) is 17.0 Å². The van der Waals surface area contributed by atoms with Crippen LogP contribution >= 0.6 is 0 Å². The highest BCUT2D eigenvalue weighted by atomic mass is 32.2. The van der Waals surface area contributed by atoms with Crippen LogP contribution in [-0.4, -0.2) is 47.7 Å². The molecule has 112 valence electrons. The van der Waals surface area contributed by atoms with Crippen molar-refractivity contribution in [2.24, 2.45) is 5.73 Å². The number of carbonyl (C=O) groups excluding carboxylic acids is 1. The van der Waals surface area contributed by atoms with Gasteiger partial charge in [-0.1, -0.05) is 0 Å². The fourth-order valence-corrected chi connectivity index (χ4v) is 2.49. The number of nitrogens with two attached hydrogens (primary N) is 1. The molecule has 4 N–H and O–H groups in total. The molecule has 0 aliphatic carbocycles. The monoisotopic (exact) mass is 301 g/mol. The van der Waals surface area contributed by atoms with Crippen molar-refractivity contribution in [1.29, 1.82) is 0 Å². The average Bonchev–Trinajstić information content (AvgIpc) is 2.43. The number of hydrogen-bond acceptors (Lipinski definition) is 5. The van der Waals surface area contributed by atoms with E-state index in [2.05, 4.69) is 10.0 Å². The normalized spacial score (nSPS) is 11.4. The number of benzene rings is 1. The van der Waals surface area contributed by atoms with Crippen molar-refractivity contribution in [3.63, 3.8) is 0 Å². The van der Waals surface area contributed by atoms with Crippen molar-refractivity contribution >= 4 is 15.9 Å². The number of nitrogens with one attached hydrogen (secondary N) is 2. The Bertz CT molecular complexity index is 528. The molecular formula is C12H19N3O4S. The van der Waals surface area contributed by atoms with E-state index in [0.29, 0.717) is 19.7 Å². The molecule has 0 fully saturated rings. The number of rotatable bonds is 9. The largest absolute Gasteiger partial charge is 0.383 e. The Morgan fingerprint density at radius 2 is 1.85 bits per heavy atom. The summed E-state index contributed by atoms with van der Waals surface area (Å²) in [5.74, 6) is -0.593. The standard InChI is InChI=1S/C12H19N3O4S/c1-19-9-8-14-6-7-15-20(17,18)11-4-2-10(3-5-11)12(13)16/h2-5,14-15H,6-9H2,1H3,(H2,13,16). The number of amides is 1. The Morgan fingerprint density at radius 3 is 2.40 bits per heavy atom. The molecule has 1 aromatic rings. The maximum Gasteiger partial charge on any atom is 0.248 e. The van der Waals surface area contributed by atoms with E-state index in [1.54, 1.807) is 7.11 Å². The second-order valence-electron chi connectivity index (χ2n) is 4.03. The van der Waals surface area contributed by atoms with E-state index >= 15 is 0 Å². The van der Waals surface area contributed by atoms with Crippen LogP contribution < -0.4 is 15.8 Å². The van der Waals surface area contributed by atoms with Gasteiger partial charge in [0.15, 0.2) is 0 Å². The molecule has 0 saturated carbocycles. The SMILES string of the molecule is COCCNCCNS(=O)(=O)c1ccc(C(N)=O)cc1. The fourth-order valence-electron chi connectivity index (χ4n) is 1.45. The molecule has 20 heavy (non-hydrogen) atoms. The summed E-state index contributed by atoms with van der Waals surface area (Å²) in [6.07, 6.45) is 0. The maximum absolute atomic E-state index is 11.9. The fraction of sp³-hybridized carbons (Fsp3) is 0.417. The second kappa shape index (κ2) is 7.95. The highest BCUT2D eigenvalue weighted by Crippen LogP contribution is 2.09. The zero-order valence-electron chi connectivity index (χ0n) is 11.3. The van der Waals surface area contributed by atoms with Crippen molar-refractivity contribution < 1.29 is 17.9 Å². The van der Waals surface area contributed by atoms with Gasteiger partial charge in [0, 0.05) is 32.3 Å². The molecule has 0 aliphatic heterocycles. The molecule has 0 spiro atoms. The molecule has 0 radical (unpaired) electrons. The molecule has 7 nitrogen and oxygen atoms in total. The lowest BCUT2D eigenvalue weighted by atomic mass is 10.2. The van der Waals surface area contributed by atoms with Gasteiger partial charge >= 0.3 is 0 Å². The topological polar surface area (TPSA) is 111 Å². The van der Waals surface area contributed by atoms with Crippen LogP contribution in [0.25, 0.3) is 0 Å². The molecule has 8 heteroatoms. The van der Waals surface area contributed by atoms with Crippen LogP contribution in [0.4, 0.5) is 0 Å². The summed E-state index contributed by atoms with van der Waals surface area (Å²) in [7, 11) is -1.97. The molecule has 0 aliphatic rings. The van der Waals surface area contributed by atoms with Gasteiger partial charge < -0.3 is 15.8 Å². The van der Waals surface area contributed by atoms with E-state index in [1.165, 1.54) is 24.3 Å². The van der Waals surface area contributed by atoms with Crippen LogP contribution in [0.5, 0.6) is 0 Å². The molecular weight excluding hydrogens is 282 g/mol. The van der Waals surface area contributed by atoms with Crippen molar-refractivity contribution in [1.82, 2.24) is 10.0 Å². The van der Waals surface area contributed by atoms with Gasteiger partial charge in [-0.05, 0) is 24.3 Å². The van der Waals surface area contributed by atoms with Gasteiger partial charge in [0.25, 0.3) is 0 Å². The highest BCUT2D eigenvalue weighted by molar-refractivity contribution is 7.89. The van der Waals surface area contributed by atoms with Crippen LogP contribution in [0.3, 0.4) is 0 Å². The third-order valence-corrected chi connectivity index (χ3v) is 4.00. The summed E-state index contributed by atoms with van der Waals surface area (Å²) < 4.78 is 31.1. The number of primary amides is 1. The third-order valence-electron chi connectivity index (χ3n) is 2.53. The number of carbonyl (C=O) groups is 1. The number of sulfonamides is 1. The van der Waals surface area contributed by atoms with Gasteiger partial charge in [-0.2, -0.15) is 0 Å². The Balaban J connectivity index is 2.49. The van der Waals surface area contributed by atoms with Crippen molar-refractivity contribution in [2.75, 3.05) is 33.4 Å². The second-order valence-corrected chi connectivity index (χ2v) is 5.80. The van der Waals surface area contributed by atoms with Gasteiger partial charge in [-0.25, -0.2) is 13.1 Å². The molecule has 0 atom stereocenters. The molecule has 1 rings (SSSR count). The van der Waals surface area contributed by atoms with Crippen LogP contribution in [-0.2, 0) is 14.8 Å². The zero-order chi connectivity index (χ0) is 15.0. The minimum absolute atomic E-state index is 0.0967. The predicted molar refractivity (Wildman–Crippen MR) is 74.9 cm³/mol. The minimum atomic E-state index is -3.57. The molecule has 0 aromatic heterocycles. The van der Waals surface area contributed by atoms with Crippen molar-refractivity contribution in [3.8, 4) is 0 Å². The first-order valence-corrected chi connectivity index (χ1v) is 7.55. The first kappa shape index (κ1) is 16.6. The minimum Gasteiger partial charge on any atom is -0.383 e. The van der Waals surface area contributed by atoms with Crippen molar-refractivity contribution in [2.45, 2.75) is 4.90 Å². The van der Waals surface area contributed by atoms with Crippen LogP contribution in [0.2, 0.25) is 0 Å². The molecule has 1 amide bonds. The summed E-state index contributed by atoms with van der Waals surface area (Å²) in [5, 5.41) is 3.02. The molecule has 0 saturated heterocycles. The maximum atomic E-state index is 11.9. The van der Waals surface area contributed by atoms with E-state index in [1.807, 2.05) is 0 Å². The first-order chi connectivity index (χ1) is 9.47. The highest BCUT2D eigenvalue weighted by Gasteiger charge is 2.13. The van der Waals surface area contributed by atoms with Crippen LogP contribution in [0.15, 0.2) is 29.2 Å². The summed E-state index contributed by atoms with van der Waals surface area (Å²) in [6.45, 7) is 2.00. The van der Waals surface area contributed by atoms with Gasteiger partial charge in [0.1, 0.15) is 0 Å². The van der Waals surface area contributed by atoms with Crippen LogP contribution in [0, 0.1) is 0 Å². The Morgan fingerprint density at radius 1 is 1.20 bits per heavy atom. The number of methoxy groups -OCH3 is 1. The van der Waals surface area contributed by atoms with Gasteiger partial charge in [0.05, 0.1) is 11.5 Å². The lowest BCUT2D eigenvalue weighted by molar-refractivity contribution is 0.1000. The van der Waals surface area contributed by atoms with E-state index in [0.717, 1.165) is 0 Å². The first-order valence-electron chi connectivity index (χ1n) is 6.06. The average molecular weight is 301 g/mol. The Labute approximate surface area is 118 Å². The summed E-state index contributed by atoms with van der Waals surface area (Å²) >= 11 is 0. The summed E-state index contributed by atoms with van der Waals surface area (Å²) in [6, 6.07) is 5.46. The van der Waals surface area contributed by atoms with Crippen LogP contribution in [0.1, 0.15) is 10.4 Å². The van der Waals surface area contributed by atoms with Gasteiger partial charge in [-0.3, -0.25) is 4.79 Å². The Hall–Kier alpha value is -1.48. The summed E-state index contributed by atoms with van der Waals surface area (Å²) in [5.41, 5.74) is 5.36. The smallest absolute Gasteiger partial charge is 0.248 e. The Kier molecular flexibility index (Phi) is 6.59. The number of hydrogen-bond donors (Lipinski definition) is 3. The van der Waals surface area contributed by atoms with Gasteiger partial charge in [-0.15, -0.1) is 0 Å². The lowest BCUT2D eigenvalue weighted by Crippen LogP contribution is -2.33. The molecule has 1 aromatic carbocycles. The third kappa shape index (κ3) is 5.25.